The van der Waals surface area contributed by atoms with E-state index in [9.17, 15) is 4.79 Å². The van der Waals surface area contributed by atoms with Gasteiger partial charge in [0, 0.05) is 42.5 Å². The van der Waals surface area contributed by atoms with E-state index in [1.807, 2.05) is 42.5 Å². The molecule has 4 rings (SSSR count). The van der Waals surface area contributed by atoms with Crippen LogP contribution in [-0.4, -0.2) is 29.0 Å². The molecule has 1 saturated heterocycles. The standard InChI is InChI=1S/C22H23N5O/c28-21(17-15-23-22(24-16-17)26-18-7-3-1-4-8-18)25-19-9-11-20(12-10-19)27-13-5-2-6-14-27/h1,3-4,7-12,15-16H,2,5-6,13-14H2,(H,25,28)(H,23,24,26). The van der Waals surface area contributed by atoms with E-state index in [0.29, 0.717) is 11.5 Å². The van der Waals surface area contributed by atoms with Gasteiger partial charge in [0.15, 0.2) is 0 Å². The molecule has 142 valence electrons. The Bertz CT molecular complexity index is 904. The van der Waals surface area contributed by atoms with Crippen molar-refractivity contribution in [1.82, 2.24) is 9.97 Å². The zero-order chi connectivity index (χ0) is 19.2. The van der Waals surface area contributed by atoms with Crippen LogP contribution in [0.3, 0.4) is 0 Å². The lowest BCUT2D eigenvalue weighted by atomic mass is 10.1. The number of nitrogens with zero attached hydrogens (tertiary/aromatic N) is 3. The normalized spacial score (nSPS) is 13.8. The summed E-state index contributed by atoms with van der Waals surface area (Å²) in [6.07, 6.45) is 6.85. The van der Waals surface area contributed by atoms with Crippen molar-refractivity contribution >= 4 is 28.9 Å². The zero-order valence-corrected chi connectivity index (χ0v) is 15.6. The first kappa shape index (κ1) is 18.0. The number of hydrogen-bond acceptors (Lipinski definition) is 5. The van der Waals surface area contributed by atoms with Crippen molar-refractivity contribution in [3.05, 3.63) is 72.6 Å². The maximum absolute atomic E-state index is 12.4. The summed E-state index contributed by atoms with van der Waals surface area (Å²) in [5.41, 5.74) is 3.28. The molecule has 2 aromatic carbocycles. The summed E-state index contributed by atoms with van der Waals surface area (Å²) in [5, 5.41) is 6.00. The van der Waals surface area contributed by atoms with Gasteiger partial charge in [0.1, 0.15) is 0 Å². The van der Waals surface area contributed by atoms with Crippen LogP contribution in [0.25, 0.3) is 0 Å². The highest BCUT2D eigenvalue weighted by Gasteiger charge is 2.12. The fourth-order valence-electron chi connectivity index (χ4n) is 3.27. The maximum atomic E-state index is 12.4. The average Bonchev–Trinajstić information content (AvgIpc) is 2.76. The van der Waals surface area contributed by atoms with E-state index in [1.165, 1.54) is 37.3 Å². The number of carbonyl (C=O) groups is 1. The van der Waals surface area contributed by atoms with Gasteiger partial charge in [-0.05, 0) is 55.7 Å². The number of hydrogen-bond donors (Lipinski definition) is 2. The van der Waals surface area contributed by atoms with Crippen LogP contribution >= 0.6 is 0 Å². The van der Waals surface area contributed by atoms with E-state index in [1.54, 1.807) is 0 Å². The van der Waals surface area contributed by atoms with Gasteiger partial charge in [-0.3, -0.25) is 4.79 Å². The van der Waals surface area contributed by atoms with Crippen LogP contribution in [0.2, 0.25) is 0 Å². The van der Waals surface area contributed by atoms with Gasteiger partial charge in [-0.1, -0.05) is 18.2 Å². The molecule has 0 aliphatic carbocycles. The van der Waals surface area contributed by atoms with E-state index in [-0.39, 0.29) is 5.91 Å². The summed E-state index contributed by atoms with van der Waals surface area (Å²) in [4.78, 5) is 23.3. The second kappa shape index (κ2) is 8.52. The zero-order valence-electron chi connectivity index (χ0n) is 15.6. The van der Waals surface area contributed by atoms with E-state index in [2.05, 4.69) is 37.6 Å². The van der Waals surface area contributed by atoms with Crippen molar-refractivity contribution in [3.63, 3.8) is 0 Å². The minimum absolute atomic E-state index is 0.225. The Hall–Kier alpha value is -3.41. The first-order chi connectivity index (χ1) is 13.8. The molecule has 1 aromatic heterocycles. The Labute approximate surface area is 164 Å². The fourth-order valence-corrected chi connectivity index (χ4v) is 3.27. The molecule has 1 aliphatic rings. The molecule has 1 amide bonds. The minimum Gasteiger partial charge on any atom is -0.372 e. The van der Waals surface area contributed by atoms with Gasteiger partial charge in [-0.25, -0.2) is 9.97 Å². The van der Waals surface area contributed by atoms with Crippen LogP contribution in [-0.2, 0) is 0 Å². The molecule has 28 heavy (non-hydrogen) atoms. The van der Waals surface area contributed by atoms with Gasteiger partial charge in [-0.2, -0.15) is 0 Å². The molecule has 3 aromatic rings. The van der Waals surface area contributed by atoms with Crippen molar-refractivity contribution < 1.29 is 4.79 Å². The second-order valence-corrected chi connectivity index (χ2v) is 6.84. The maximum Gasteiger partial charge on any atom is 0.258 e. The van der Waals surface area contributed by atoms with E-state index in [0.717, 1.165) is 24.5 Å². The smallest absolute Gasteiger partial charge is 0.258 e. The van der Waals surface area contributed by atoms with Crippen LogP contribution < -0.4 is 15.5 Å². The molecule has 6 nitrogen and oxygen atoms in total. The summed E-state index contributed by atoms with van der Waals surface area (Å²) < 4.78 is 0. The van der Waals surface area contributed by atoms with Crippen molar-refractivity contribution in [2.24, 2.45) is 0 Å². The van der Waals surface area contributed by atoms with E-state index in [4.69, 9.17) is 0 Å². The van der Waals surface area contributed by atoms with Crippen molar-refractivity contribution in [3.8, 4) is 0 Å². The van der Waals surface area contributed by atoms with Crippen molar-refractivity contribution in [2.45, 2.75) is 19.3 Å². The topological polar surface area (TPSA) is 70.2 Å². The monoisotopic (exact) mass is 373 g/mol. The van der Waals surface area contributed by atoms with Gasteiger partial charge in [0.2, 0.25) is 5.95 Å². The van der Waals surface area contributed by atoms with E-state index < -0.39 is 0 Å². The lowest BCUT2D eigenvalue weighted by molar-refractivity contribution is 0.102. The van der Waals surface area contributed by atoms with Gasteiger partial charge < -0.3 is 15.5 Å². The molecule has 1 fully saturated rings. The van der Waals surface area contributed by atoms with Crippen LogP contribution in [0.4, 0.5) is 23.0 Å². The molecule has 2 N–H and O–H groups in total. The molecule has 0 saturated carbocycles. The molecular formula is C22H23N5O. The van der Waals surface area contributed by atoms with Crippen molar-refractivity contribution in [2.75, 3.05) is 28.6 Å². The number of para-hydroxylation sites is 1. The number of nitrogens with one attached hydrogen (secondary N) is 2. The Morgan fingerprint density at radius 2 is 1.50 bits per heavy atom. The van der Waals surface area contributed by atoms with Crippen molar-refractivity contribution in [1.29, 1.82) is 0 Å². The molecular weight excluding hydrogens is 350 g/mol. The molecule has 6 heteroatoms. The molecule has 0 bridgehead atoms. The highest BCUT2D eigenvalue weighted by Crippen LogP contribution is 2.22. The SMILES string of the molecule is O=C(Nc1ccc(N2CCCCC2)cc1)c1cnc(Nc2ccccc2)nc1. The number of piperidine rings is 1. The number of amides is 1. The predicted molar refractivity (Wildman–Crippen MR) is 112 cm³/mol. The summed E-state index contributed by atoms with van der Waals surface area (Å²) in [5.74, 6) is 0.227. The summed E-state index contributed by atoms with van der Waals surface area (Å²) in [6.45, 7) is 2.21. The summed E-state index contributed by atoms with van der Waals surface area (Å²) >= 11 is 0. The molecule has 0 unspecified atom stereocenters. The second-order valence-electron chi connectivity index (χ2n) is 6.84. The van der Waals surface area contributed by atoms with Gasteiger partial charge >= 0.3 is 0 Å². The Balaban J connectivity index is 1.36. The number of benzene rings is 2. The third-order valence-electron chi connectivity index (χ3n) is 4.79. The first-order valence-corrected chi connectivity index (χ1v) is 9.58. The number of aromatic nitrogens is 2. The highest BCUT2D eigenvalue weighted by molar-refractivity contribution is 6.04. The third kappa shape index (κ3) is 4.46. The molecule has 0 spiro atoms. The predicted octanol–water partition coefficient (Wildman–Crippen LogP) is 4.46. The Kier molecular flexibility index (Phi) is 5.47. The van der Waals surface area contributed by atoms with Gasteiger partial charge in [0.05, 0.1) is 5.56 Å². The summed E-state index contributed by atoms with van der Waals surface area (Å²) in [6, 6.07) is 17.7. The Morgan fingerprint density at radius 1 is 0.821 bits per heavy atom. The van der Waals surface area contributed by atoms with Crippen LogP contribution in [0.1, 0.15) is 29.6 Å². The molecule has 0 radical (unpaired) electrons. The van der Waals surface area contributed by atoms with Gasteiger partial charge in [0.25, 0.3) is 5.91 Å². The molecule has 0 atom stereocenters. The number of rotatable bonds is 5. The number of carbonyl (C=O) groups excluding carboxylic acids is 1. The highest BCUT2D eigenvalue weighted by atomic mass is 16.1. The lowest BCUT2D eigenvalue weighted by Crippen LogP contribution is -2.29. The van der Waals surface area contributed by atoms with Crippen LogP contribution in [0.5, 0.6) is 0 Å². The third-order valence-corrected chi connectivity index (χ3v) is 4.79. The van der Waals surface area contributed by atoms with E-state index >= 15 is 0 Å². The molecule has 2 heterocycles. The average molecular weight is 373 g/mol. The quantitative estimate of drug-likeness (QED) is 0.691. The van der Waals surface area contributed by atoms with Crippen LogP contribution in [0, 0.1) is 0 Å². The Morgan fingerprint density at radius 3 is 2.18 bits per heavy atom. The lowest BCUT2D eigenvalue weighted by Gasteiger charge is -2.28. The summed E-state index contributed by atoms with van der Waals surface area (Å²) in [7, 11) is 0. The largest absolute Gasteiger partial charge is 0.372 e. The fraction of sp³-hybridized carbons (Fsp3) is 0.227. The number of anilines is 4. The van der Waals surface area contributed by atoms with Gasteiger partial charge in [-0.15, -0.1) is 0 Å². The first-order valence-electron chi connectivity index (χ1n) is 9.58. The molecule has 1 aliphatic heterocycles. The minimum atomic E-state index is -0.225. The van der Waals surface area contributed by atoms with Crippen LogP contribution in [0.15, 0.2) is 67.0 Å².